The monoisotopic (exact) mass is 287 g/mol. The Bertz CT molecular complexity index is 606. The summed E-state index contributed by atoms with van der Waals surface area (Å²) in [6, 6.07) is 14.0. The van der Waals surface area contributed by atoms with Gasteiger partial charge in [-0.25, -0.2) is 0 Å². The normalized spacial score (nSPS) is 18.2. The number of hydrogen-bond donors (Lipinski definition) is 1. The highest BCUT2D eigenvalue weighted by Crippen LogP contribution is 2.36. The summed E-state index contributed by atoms with van der Waals surface area (Å²) < 4.78 is 6.12. The number of halogens is 1. The number of rotatable bonds is 3. The summed E-state index contributed by atoms with van der Waals surface area (Å²) >= 11 is 6.15. The molecular weight excluding hydrogens is 270 g/mol. The Balaban J connectivity index is 1.94. The first kappa shape index (κ1) is 13.5. The Hall–Kier alpha value is -1.51. The molecule has 1 atom stereocenters. The number of hydrogen-bond acceptors (Lipinski definition) is 2. The highest BCUT2D eigenvalue weighted by atomic mass is 35.5. The second kappa shape index (κ2) is 5.86. The van der Waals surface area contributed by atoms with Crippen molar-refractivity contribution in [2.75, 3.05) is 13.1 Å². The van der Waals surface area contributed by atoms with Gasteiger partial charge in [-0.1, -0.05) is 29.8 Å². The third kappa shape index (κ3) is 2.82. The van der Waals surface area contributed by atoms with Crippen LogP contribution >= 0.6 is 11.6 Å². The quantitative estimate of drug-likeness (QED) is 0.896. The van der Waals surface area contributed by atoms with E-state index in [1.807, 2.05) is 36.4 Å². The molecule has 2 aromatic carbocycles. The Kier molecular flexibility index (Phi) is 3.95. The van der Waals surface area contributed by atoms with Gasteiger partial charge in [0, 0.05) is 23.0 Å². The van der Waals surface area contributed by atoms with Crippen molar-refractivity contribution in [1.82, 2.24) is 5.32 Å². The molecule has 1 fully saturated rings. The Morgan fingerprint density at radius 1 is 1.15 bits per heavy atom. The lowest BCUT2D eigenvalue weighted by Crippen LogP contribution is -2.08. The minimum absolute atomic E-state index is 0.479. The van der Waals surface area contributed by atoms with Crippen molar-refractivity contribution in [3.8, 4) is 11.5 Å². The van der Waals surface area contributed by atoms with E-state index in [4.69, 9.17) is 16.3 Å². The maximum atomic E-state index is 6.15. The molecule has 3 heteroatoms. The van der Waals surface area contributed by atoms with Crippen LogP contribution in [-0.2, 0) is 0 Å². The van der Waals surface area contributed by atoms with Gasteiger partial charge in [-0.3, -0.25) is 0 Å². The molecule has 2 aromatic rings. The third-order valence-electron chi connectivity index (χ3n) is 3.79. The molecule has 1 saturated heterocycles. The van der Waals surface area contributed by atoms with Gasteiger partial charge in [-0.2, -0.15) is 0 Å². The molecule has 0 spiro atoms. The first-order chi connectivity index (χ1) is 9.74. The first-order valence-corrected chi connectivity index (χ1v) is 7.35. The Morgan fingerprint density at radius 2 is 2.00 bits per heavy atom. The number of nitrogens with one attached hydrogen (secondary N) is 1. The van der Waals surface area contributed by atoms with E-state index in [9.17, 15) is 0 Å². The van der Waals surface area contributed by atoms with Crippen molar-refractivity contribution in [3.63, 3.8) is 0 Å². The van der Waals surface area contributed by atoms with Crippen LogP contribution in [0.15, 0.2) is 42.5 Å². The van der Waals surface area contributed by atoms with Gasteiger partial charge in [-0.15, -0.1) is 0 Å². The predicted octanol–water partition coefficient (Wildman–Crippen LogP) is 4.52. The second-order valence-electron chi connectivity index (χ2n) is 5.24. The average molecular weight is 288 g/mol. The third-order valence-corrected chi connectivity index (χ3v) is 4.02. The van der Waals surface area contributed by atoms with Crippen LogP contribution in [0.3, 0.4) is 0 Å². The van der Waals surface area contributed by atoms with Crippen molar-refractivity contribution in [3.05, 3.63) is 58.6 Å². The number of para-hydroxylation sites is 1. The molecule has 1 unspecified atom stereocenters. The standard InChI is InChI=1S/C17H18ClNO/c1-12-4-2-3-5-16(12)20-17-7-6-14(18)10-15(17)13-8-9-19-11-13/h2-7,10,13,19H,8-9,11H2,1H3. The maximum Gasteiger partial charge on any atom is 0.131 e. The van der Waals surface area contributed by atoms with E-state index in [1.165, 1.54) is 5.56 Å². The zero-order valence-electron chi connectivity index (χ0n) is 11.5. The van der Waals surface area contributed by atoms with Crippen molar-refractivity contribution < 1.29 is 4.74 Å². The molecule has 2 nitrogen and oxygen atoms in total. The lowest BCUT2D eigenvalue weighted by atomic mass is 9.97. The van der Waals surface area contributed by atoms with Crippen molar-refractivity contribution in [2.45, 2.75) is 19.3 Å². The van der Waals surface area contributed by atoms with Gasteiger partial charge >= 0.3 is 0 Å². The molecule has 0 aliphatic carbocycles. The Labute approximate surface area is 124 Å². The van der Waals surface area contributed by atoms with E-state index in [0.29, 0.717) is 5.92 Å². The summed E-state index contributed by atoms with van der Waals surface area (Å²) in [6.07, 6.45) is 1.13. The van der Waals surface area contributed by atoms with Gasteiger partial charge in [0.25, 0.3) is 0 Å². The lowest BCUT2D eigenvalue weighted by Gasteiger charge is -2.17. The van der Waals surface area contributed by atoms with Crippen molar-refractivity contribution in [2.24, 2.45) is 0 Å². The van der Waals surface area contributed by atoms with Gasteiger partial charge in [0.15, 0.2) is 0 Å². The van der Waals surface area contributed by atoms with Crippen LogP contribution in [0.4, 0.5) is 0 Å². The predicted molar refractivity (Wildman–Crippen MR) is 82.9 cm³/mol. The second-order valence-corrected chi connectivity index (χ2v) is 5.68. The number of aryl methyl sites for hydroxylation is 1. The summed E-state index contributed by atoms with van der Waals surface area (Å²) in [4.78, 5) is 0. The van der Waals surface area contributed by atoms with Crippen LogP contribution in [0, 0.1) is 6.92 Å². The fourth-order valence-corrected chi connectivity index (χ4v) is 2.82. The fraction of sp³-hybridized carbons (Fsp3) is 0.294. The first-order valence-electron chi connectivity index (χ1n) is 6.97. The van der Waals surface area contributed by atoms with Crippen LogP contribution < -0.4 is 10.1 Å². The van der Waals surface area contributed by atoms with E-state index in [2.05, 4.69) is 18.3 Å². The highest BCUT2D eigenvalue weighted by Gasteiger charge is 2.21. The van der Waals surface area contributed by atoms with Gasteiger partial charge < -0.3 is 10.1 Å². The number of benzene rings is 2. The van der Waals surface area contributed by atoms with E-state index in [-0.39, 0.29) is 0 Å². The topological polar surface area (TPSA) is 21.3 Å². The van der Waals surface area contributed by atoms with Crippen molar-refractivity contribution >= 4 is 11.6 Å². The molecule has 20 heavy (non-hydrogen) atoms. The van der Waals surface area contributed by atoms with Gasteiger partial charge in [-0.05, 0) is 49.7 Å². The van der Waals surface area contributed by atoms with Gasteiger partial charge in [0.1, 0.15) is 11.5 Å². The zero-order valence-corrected chi connectivity index (χ0v) is 12.3. The molecule has 3 rings (SSSR count). The smallest absolute Gasteiger partial charge is 0.131 e. The molecule has 104 valence electrons. The summed E-state index contributed by atoms with van der Waals surface area (Å²) in [5.74, 6) is 2.30. The zero-order chi connectivity index (χ0) is 13.9. The lowest BCUT2D eigenvalue weighted by molar-refractivity contribution is 0.467. The molecule has 0 radical (unpaired) electrons. The molecule has 0 saturated carbocycles. The molecule has 1 aliphatic heterocycles. The van der Waals surface area contributed by atoms with Crippen molar-refractivity contribution in [1.29, 1.82) is 0 Å². The van der Waals surface area contributed by atoms with E-state index >= 15 is 0 Å². The molecule has 1 heterocycles. The molecule has 0 aromatic heterocycles. The molecular formula is C17H18ClNO. The molecule has 1 N–H and O–H groups in total. The van der Waals surface area contributed by atoms with Crippen LogP contribution in [-0.4, -0.2) is 13.1 Å². The highest BCUT2D eigenvalue weighted by molar-refractivity contribution is 6.30. The fourth-order valence-electron chi connectivity index (χ4n) is 2.64. The minimum atomic E-state index is 0.479. The van der Waals surface area contributed by atoms with Crippen LogP contribution in [0.5, 0.6) is 11.5 Å². The van der Waals surface area contributed by atoms with Crippen LogP contribution in [0.1, 0.15) is 23.5 Å². The number of ether oxygens (including phenoxy) is 1. The van der Waals surface area contributed by atoms with E-state index < -0.39 is 0 Å². The van der Waals surface area contributed by atoms with Crippen LogP contribution in [0.2, 0.25) is 5.02 Å². The summed E-state index contributed by atoms with van der Waals surface area (Å²) in [6.45, 7) is 4.10. The maximum absolute atomic E-state index is 6.15. The SMILES string of the molecule is Cc1ccccc1Oc1ccc(Cl)cc1C1CCNC1. The summed E-state index contributed by atoms with van der Waals surface area (Å²) in [5, 5.41) is 4.16. The summed E-state index contributed by atoms with van der Waals surface area (Å²) in [5.41, 5.74) is 2.34. The molecule has 1 aliphatic rings. The Morgan fingerprint density at radius 3 is 2.75 bits per heavy atom. The largest absolute Gasteiger partial charge is 0.457 e. The minimum Gasteiger partial charge on any atom is -0.457 e. The average Bonchev–Trinajstić information content (AvgIpc) is 2.97. The van der Waals surface area contributed by atoms with E-state index in [1.54, 1.807) is 0 Å². The van der Waals surface area contributed by atoms with Crippen LogP contribution in [0.25, 0.3) is 0 Å². The van der Waals surface area contributed by atoms with Gasteiger partial charge in [0.05, 0.1) is 0 Å². The van der Waals surface area contributed by atoms with E-state index in [0.717, 1.165) is 41.6 Å². The summed E-state index contributed by atoms with van der Waals surface area (Å²) in [7, 11) is 0. The molecule has 0 bridgehead atoms. The van der Waals surface area contributed by atoms with Gasteiger partial charge in [0.2, 0.25) is 0 Å². The molecule has 0 amide bonds.